The summed E-state index contributed by atoms with van der Waals surface area (Å²) in [5.74, 6) is -0.00706. The highest BCUT2D eigenvalue weighted by Gasteiger charge is 2.42. The van der Waals surface area contributed by atoms with Gasteiger partial charge in [0.1, 0.15) is 12.0 Å². The average molecular weight is 429 g/mol. The van der Waals surface area contributed by atoms with E-state index in [1.807, 2.05) is 55.4 Å². The van der Waals surface area contributed by atoms with E-state index in [4.69, 9.17) is 16.3 Å². The zero-order valence-corrected chi connectivity index (χ0v) is 18.0. The van der Waals surface area contributed by atoms with Crippen molar-refractivity contribution >= 4 is 23.6 Å². The maximum Gasteiger partial charge on any atom is 0.224 e. The van der Waals surface area contributed by atoms with Crippen molar-refractivity contribution in [2.24, 2.45) is 5.92 Å². The van der Waals surface area contributed by atoms with Crippen molar-refractivity contribution in [1.82, 2.24) is 0 Å². The van der Waals surface area contributed by atoms with Crippen LogP contribution in [0.3, 0.4) is 0 Å². The Morgan fingerprint density at radius 1 is 1.27 bits per heavy atom. The fraction of sp³-hybridized carbons (Fsp3) is 0.348. The second-order valence-corrected chi connectivity index (χ2v) is 8.13. The summed E-state index contributed by atoms with van der Waals surface area (Å²) in [4.78, 5) is 25.2. The molecule has 0 unspecified atom stereocenters. The minimum absolute atomic E-state index is 0.0968. The van der Waals surface area contributed by atoms with Crippen LogP contribution in [0.2, 0.25) is 5.02 Å². The minimum atomic E-state index is -0.924. The van der Waals surface area contributed by atoms with Crippen LogP contribution >= 0.6 is 11.6 Å². The Hall–Kier alpha value is -2.86. The first kappa shape index (κ1) is 21.8. The van der Waals surface area contributed by atoms with Gasteiger partial charge < -0.3 is 9.64 Å². The quantitative estimate of drug-likeness (QED) is 0.368. The molecule has 7 heteroatoms. The lowest BCUT2D eigenvalue weighted by Gasteiger charge is -2.33. The van der Waals surface area contributed by atoms with Gasteiger partial charge in [0.2, 0.25) is 6.04 Å². The molecule has 0 fully saturated rings. The van der Waals surface area contributed by atoms with E-state index in [-0.39, 0.29) is 17.3 Å². The molecule has 2 aromatic rings. The van der Waals surface area contributed by atoms with Crippen LogP contribution in [0, 0.1) is 16.0 Å². The number of hydrogen-bond acceptors (Lipinski definition) is 5. The molecule has 0 saturated heterocycles. The van der Waals surface area contributed by atoms with Gasteiger partial charge >= 0.3 is 0 Å². The van der Waals surface area contributed by atoms with Crippen LogP contribution in [0.15, 0.2) is 54.1 Å². The number of rotatable bonds is 7. The second kappa shape index (κ2) is 9.30. The van der Waals surface area contributed by atoms with Crippen LogP contribution in [0.1, 0.15) is 23.5 Å². The molecule has 6 nitrogen and oxygen atoms in total. The highest BCUT2D eigenvalue weighted by molar-refractivity contribution is 6.31. The lowest BCUT2D eigenvalue weighted by atomic mass is 9.71. The summed E-state index contributed by atoms with van der Waals surface area (Å²) in [5.41, 5.74) is 3.11. The van der Waals surface area contributed by atoms with Crippen molar-refractivity contribution in [1.29, 1.82) is 0 Å². The molecule has 0 saturated carbocycles. The number of nitro groups is 1. The second-order valence-electron chi connectivity index (χ2n) is 7.72. The molecule has 30 heavy (non-hydrogen) atoms. The maximum absolute atomic E-state index is 11.9. The van der Waals surface area contributed by atoms with Gasteiger partial charge in [0.05, 0.1) is 13.0 Å². The molecule has 158 valence electrons. The topological polar surface area (TPSA) is 72.7 Å². The Kier molecular flexibility index (Phi) is 6.77. The highest BCUT2D eigenvalue weighted by atomic mass is 35.5. The van der Waals surface area contributed by atoms with E-state index in [0.29, 0.717) is 22.8 Å². The molecule has 1 aliphatic carbocycles. The number of aldehydes is 1. The standard InChI is InChI=1S/C23H25ClN2O4/c1-25(2)18-9-8-16(22(13-18)30-3)12-17-10-15(14-27)11-21(26(28)29)23(17)19-6-4-5-7-20(19)24/h4-10,13-14,17,21,23H,11-12H2,1-3H3/t17-,21+,23+/m1/s1. The number of carbonyl (C=O) groups is 1. The van der Waals surface area contributed by atoms with E-state index in [9.17, 15) is 14.9 Å². The SMILES string of the molecule is COc1cc(N(C)C)ccc1C[C@H]1C=C(C=O)C[C@H]([N+](=O)[O-])[C@@H]1c1ccccc1Cl. The zero-order chi connectivity index (χ0) is 21.8. The number of hydrogen-bond donors (Lipinski definition) is 0. The summed E-state index contributed by atoms with van der Waals surface area (Å²) in [5, 5.41) is 12.4. The van der Waals surface area contributed by atoms with Crippen LogP contribution in [0.5, 0.6) is 5.75 Å². The van der Waals surface area contributed by atoms with Crippen molar-refractivity contribution in [3.63, 3.8) is 0 Å². The molecule has 3 atom stereocenters. The Balaban J connectivity index is 2.08. The fourth-order valence-electron chi connectivity index (χ4n) is 4.20. The largest absolute Gasteiger partial charge is 0.496 e. The molecular weight excluding hydrogens is 404 g/mol. The van der Waals surface area contributed by atoms with Gasteiger partial charge in [-0.15, -0.1) is 0 Å². The average Bonchev–Trinajstić information content (AvgIpc) is 2.73. The molecular formula is C23H25ClN2O4. The van der Waals surface area contributed by atoms with Gasteiger partial charge in [-0.3, -0.25) is 14.9 Å². The number of methoxy groups -OCH3 is 1. The van der Waals surface area contributed by atoms with E-state index < -0.39 is 12.0 Å². The predicted octanol–water partition coefficient (Wildman–Crippen LogP) is 4.53. The molecule has 0 N–H and O–H groups in total. The number of allylic oxidation sites excluding steroid dienone is 1. The molecule has 2 aromatic carbocycles. The summed E-state index contributed by atoms with van der Waals surface area (Å²) in [6, 6.07) is 12.2. The van der Waals surface area contributed by atoms with Crippen molar-refractivity contribution < 1.29 is 14.5 Å². The van der Waals surface area contributed by atoms with Gasteiger partial charge in [-0.1, -0.05) is 41.9 Å². The van der Waals surface area contributed by atoms with Gasteiger partial charge in [-0.05, 0) is 41.2 Å². The van der Waals surface area contributed by atoms with Crippen LogP contribution < -0.4 is 9.64 Å². The molecule has 1 aliphatic rings. The third-order valence-corrected chi connectivity index (χ3v) is 6.02. The molecule has 0 amide bonds. The first-order chi connectivity index (χ1) is 14.3. The van der Waals surface area contributed by atoms with Crippen molar-refractivity contribution in [3.05, 3.63) is 80.4 Å². The van der Waals surface area contributed by atoms with E-state index in [1.54, 1.807) is 19.2 Å². The minimum Gasteiger partial charge on any atom is -0.496 e. The third-order valence-electron chi connectivity index (χ3n) is 5.68. The number of benzene rings is 2. The predicted molar refractivity (Wildman–Crippen MR) is 118 cm³/mol. The molecule has 0 radical (unpaired) electrons. The van der Waals surface area contributed by atoms with Gasteiger partial charge in [0.15, 0.2) is 0 Å². The summed E-state index contributed by atoms with van der Waals surface area (Å²) in [6.45, 7) is 0. The maximum atomic E-state index is 11.9. The molecule has 0 heterocycles. The molecule has 0 spiro atoms. The lowest BCUT2D eigenvalue weighted by molar-refractivity contribution is -0.528. The first-order valence-corrected chi connectivity index (χ1v) is 10.1. The fourth-order valence-corrected chi connectivity index (χ4v) is 4.46. The summed E-state index contributed by atoms with van der Waals surface area (Å²) < 4.78 is 5.59. The monoisotopic (exact) mass is 428 g/mol. The Labute approximate surface area is 181 Å². The van der Waals surface area contributed by atoms with E-state index >= 15 is 0 Å². The van der Waals surface area contributed by atoms with E-state index in [2.05, 4.69) is 0 Å². The highest BCUT2D eigenvalue weighted by Crippen LogP contribution is 2.43. The summed E-state index contributed by atoms with van der Waals surface area (Å²) in [7, 11) is 5.50. The first-order valence-electron chi connectivity index (χ1n) is 9.73. The van der Waals surface area contributed by atoms with E-state index in [0.717, 1.165) is 23.1 Å². The molecule has 0 bridgehead atoms. The summed E-state index contributed by atoms with van der Waals surface area (Å²) >= 11 is 6.44. The van der Waals surface area contributed by atoms with Crippen molar-refractivity contribution in [3.8, 4) is 5.75 Å². The van der Waals surface area contributed by atoms with Crippen molar-refractivity contribution in [2.75, 3.05) is 26.1 Å². The number of halogens is 1. The number of nitrogens with zero attached hydrogens (tertiary/aromatic N) is 2. The van der Waals surface area contributed by atoms with Gasteiger partial charge in [0.25, 0.3) is 0 Å². The number of carbonyl (C=O) groups excluding carboxylic acids is 1. The Morgan fingerprint density at radius 3 is 2.60 bits per heavy atom. The van der Waals surface area contributed by atoms with Crippen LogP contribution in [0.25, 0.3) is 0 Å². The smallest absolute Gasteiger partial charge is 0.224 e. The van der Waals surface area contributed by atoms with Gasteiger partial charge in [0, 0.05) is 42.2 Å². The summed E-state index contributed by atoms with van der Waals surface area (Å²) in [6.07, 6.45) is 3.17. The van der Waals surface area contributed by atoms with E-state index in [1.165, 1.54) is 0 Å². The zero-order valence-electron chi connectivity index (χ0n) is 17.2. The molecule has 0 aliphatic heterocycles. The van der Waals surface area contributed by atoms with Crippen LogP contribution in [0.4, 0.5) is 5.69 Å². The Bertz CT molecular complexity index is 973. The van der Waals surface area contributed by atoms with Crippen LogP contribution in [-0.2, 0) is 11.2 Å². The number of anilines is 1. The van der Waals surface area contributed by atoms with Gasteiger partial charge in [-0.25, -0.2) is 0 Å². The lowest BCUT2D eigenvalue weighted by Crippen LogP contribution is -2.37. The molecule has 3 rings (SSSR count). The van der Waals surface area contributed by atoms with Gasteiger partial charge in [-0.2, -0.15) is 0 Å². The Morgan fingerprint density at radius 2 is 2.00 bits per heavy atom. The molecule has 0 aromatic heterocycles. The normalized spacial score (nSPS) is 20.9. The van der Waals surface area contributed by atoms with Crippen LogP contribution in [-0.4, -0.2) is 38.5 Å². The number of ether oxygens (including phenoxy) is 1. The van der Waals surface area contributed by atoms with Crippen molar-refractivity contribution in [2.45, 2.75) is 24.8 Å². The third kappa shape index (κ3) is 4.49.